The number of aromatic amines is 1. The molecule has 124 valence electrons. The predicted molar refractivity (Wildman–Crippen MR) is 99.8 cm³/mol. The smallest absolute Gasteiger partial charge is 0.233 e. The van der Waals surface area contributed by atoms with Crippen molar-refractivity contribution in [3.05, 3.63) is 50.9 Å². The van der Waals surface area contributed by atoms with Crippen LogP contribution in [0.3, 0.4) is 0 Å². The summed E-state index contributed by atoms with van der Waals surface area (Å²) in [6, 6.07) is 9.88. The molecule has 6 nitrogen and oxygen atoms in total. The van der Waals surface area contributed by atoms with Gasteiger partial charge in [-0.15, -0.1) is 0 Å². The lowest BCUT2D eigenvalue weighted by molar-refractivity contribution is -0.117. The molecule has 1 amide bonds. The van der Waals surface area contributed by atoms with Crippen LogP contribution in [-0.2, 0) is 4.79 Å². The molecule has 0 aliphatic rings. The van der Waals surface area contributed by atoms with E-state index in [1.807, 2.05) is 51.1 Å². The van der Waals surface area contributed by atoms with Gasteiger partial charge in [0.25, 0.3) is 0 Å². The van der Waals surface area contributed by atoms with E-state index in [2.05, 4.69) is 43.3 Å². The maximum atomic E-state index is 12.5. The van der Waals surface area contributed by atoms with Gasteiger partial charge in [0.2, 0.25) is 5.91 Å². The quantitative estimate of drug-likeness (QED) is 0.605. The summed E-state index contributed by atoms with van der Waals surface area (Å²) >= 11 is 2.26. The van der Waals surface area contributed by atoms with E-state index in [9.17, 15) is 4.79 Å². The van der Waals surface area contributed by atoms with Gasteiger partial charge in [0.05, 0.1) is 17.3 Å². The Hall–Kier alpha value is -2.16. The summed E-state index contributed by atoms with van der Waals surface area (Å²) in [6.45, 7) is 5.47. The first-order chi connectivity index (χ1) is 11.5. The van der Waals surface area contributed by atoms with E-state index >= 15 is 0 Å². The summed E-state index contributed by atoms with van der Waals surface area (Å²) in [4.78, 5) is 12.5. The monoisotopic (exact) mass is 436 g/mol. The van der Waals surface area contributed by atoms with E-state index in [1.165, 1.54) is 0 Å². The van der Waals surface area contributed by atoms with Crippen LogP contribution in [0.2, 0.25) is 0 Å². The van der Waals surface area contributed by atoms with Gasteiger partial charge in [-0.2, -0.15) is 5.10 Å². The molecule has 2 heterocycles. The number of H-pyrrole nitrogens is 1. The molecule has 1 aromatic carbocycles. The van der Waals surface area contributed by atoms with Crippen molar-refractivity contribution < 1.29 is 9.32 Å². The van der Waals surface area contributed by atoms with Crippen molar-refractivity contribution in [2.75, 3.05) is 5.32 Å². The number of hydrogen-bond acceptors (Lipinski definition) is 4. The molecule has 7 heteroatoms. The van der Waals surface area contributed by atoms with Crippen LogP contribution < -0.4 is 5.32 Å². The lowest BCUT2D eigenvalue weighted by atomic mass is 9.99. The number of rotatable bonds is 4. The van der Waals surface area contributed by atoms with Gasteiger partial charge in [0.1, 0.15) is 5.76 Å². The first kappa shape index (κ1) is 16.7. The van der Waals surface area contributed by atoms with Crippen LogP contribution in [0.4, 0.5) is 5.82 Å². The highest BCUT2D eigenvalue weighted by atomic mass is 127. The highest BCUT2D eigenvalue weighted by molar-refractivity contribution is 14.1. The Morgan fingerprint density at radius 1 is 1.29 bits per heavy atom. The van der Waals surface area contributed by atoms with Gasteiger partial charge >= 0.3 is 0 Å². The third-order valence-corrected chi connectivity index (χ3v) is 4.62. The maximum absolute atomic E-state index is 12.5. The van der Waals surface area contributed by atoms with Crippen molar-refractivity contribution in [3.63, 3.8) is 0 Å². The standard InChI is InChI=1S/C17H17IN4O2/c1-9(16-10(2)22-24-11(16)3)17(23)19-15-8-14(20-21-15)12-4-6-13(18)7-5-12/h4-9H,1-3H3,(H2,19,20,21,23)/t9-/m1/s1. The minimum atomic E-state index is -0.366. The van der Waals surface area contributed by atoms with Crippen molar-refractivity contribution in [1.82, 2.24) is 15.4 Å². The number of halogens is 1. The third kappa shape index (κ3) is 3.35. The Bertz CT molecular complexity index is 848. The highest BCUT2D eigenvalue weighted by Crippen LogP contribution is 2.25. The second-order valence-electron chi connectivity index (χ2n) is 5.62. The maximum Gasteiger partial charge on any atom is 0.233 e. The number of nitrogens with one attached hydrogen (secondary N) is 2. The molecule has 0 aliphatic heterocycles. The van der Waals surface area contributed by atoms with Gasteiger partial charge in [-0.3, -0.25) is 9.89 Å². The first-order valence-electron chi connectivity index (χ1n) is 7.50. The van der Waals surface area contributed by atoms with Crippen LogP contribution >= 0.6 is 22.6 Å². The molecule has 0 saturated heterocycles. The van der Waals surface area contributed by atoms with E-state index in [0.29, 0.717) is 11.6 Å². The van der Waals surface area contributed by atoms with Crippen molar-refractivity contribution in [3.8, 4) is 11.3 Å². The van der Waals surface area contributed by atoms with Crippen molar-refractivity contribution in [2.45, 2.75) is 26.7 Å². The normalized spacial score (nSPS) is 12.2. The van der Waals surface area contributed by atoms with E-state index < -0.39 is 0 Å². The molecular formula is C17H17IN4O2. The average Bonchev–Trinajstić information content (AvgIpc) is 3.14. The van der Waals surface area contributed by atoms with E-state index in [0.717, 1.165) is 26.1 Å². The molecule has 2 N–H and O–H groups in total. The lowest BCUT2D eigenvalue weighted by Gasteiger charge is -2.10. The number of carbonyl (C=O) groups is 1. The summed E-state index contributed by atoms with van der Waals surface area (Å²) in [5.74, 6) is 0.642. The molecular weight excluding hydrogens is 419 g/mol. The lowest BCUT2D eigenvalue weighted by Crippen LogP contribution is -2.19. The zero-order valence-electron chi connectivity index (χ0n) is 13.6. The SMILES string of the molecule is Cc1noc(C)c1[C@@H](C)C(=O)Nc1cc(-c2ccc(I)cc2)[nH]n1. The second kappa shape index (κ2) is 6.76. The largest absolute Gasteiger partial charge is 0.361 e. The fraction of sp³-hybridized carbons (Fsp3) is 0.235. The average molecular weight is 436 g/mol. The number of nitrogens with zero attached hydrogens (tertiary/aromatic N) is 2. The van der Waals surface area contributed by atoms with Crippen molar-refractivity contribution in [2.24, 2.45) is 0 Å². The molecule has 3 aromatic rings. The first-order valence-corrected chi connectivity index (χ1v) is 8.58. The van der Waals surface area contributed by atoms with Crippen LogP contribution in [0.1, 0.15) is 29.9 Å². The molecule has 0 saturated carbocycles. The Morgan fingerprint density at radius 2 is 2.00 bits per heavy atom. The predicted octanol–water partition coefficient (Wildman–Crippen LogP) is 4.03. The molecule has 3 rings (SSSR count). The van der Waals surface area contributed by atoms with Crippen molar-refractivity contribution >= 4 is 34.3 Å². The number of hydrogen-bond donors (Lipinski definition) is 2. The summed E-state index contributed by atoms with van der Waals surface area (Å²) in [5.41, 5.74) is 3.42. The zero-order valence-corrected chi connectivity index (χ0v) is 15.7. The third-order valence-electron chi connectivity index (χ3n) is 3.90. The number of aromatic nitrogens is 3. The Balaban J connectivity index is 1.75. The summed E-state index contributed by atoms with van der Waals surface area (Å²) < 4.78 is 6.30. The number of carbonyl (C=O) groups excluding carboxylic acids is 1. The van der Waals surface area contributed by atoms with Crippen LogP contribution in [0.25, 0.3) is 11.3 Å². The summed E-state index contributed by atoms with van der Waals surface area (Å²) in [7, 11) is 0. The van der Waals surface area contributed by atoms with Gasteiger partial charge in [-0.05, 0) is 61.1 Å². The molecule has 2 aromatic heterocycles. The number of benzene rings is 1. The summed E-state index contributed by atoms with van der Waals surface area (Å²) in [6.07, 6.45) is 0. The number of anilines is 1. The van der Waals surface area contributed by atoms with E-state index in [4.69, 9.17) is 4.52 Å². The molecule has 0 radical (unpaired) electrons. The van der Waals surface area contributed by atoms with Crippen LogP contribution in [0.15, 0.2) is 34.9 Å². The topological polar surface area (TPSA) is 83.8 Å². The highest BCUT2D eigenvalue weighted by Gasteiger charge is 2.23. The van der Waals surface area contributed by atoms with Crippen LogP contribution in [-0.4, -0.2) is 21.3 Å². The second-order valence-corrected chi connectivity index (χ2v) is 6.87. The molecule has 0 unspecified atom stereocenters. The summed E-state index contributed by atoms with van der Waals surface area (Å²) in [5, 5.41) is 13.8. The fourth-order valence-electron chi connectivity index (χ4n) is 2.64. The van der Waals surface area contributed by atoms with Crippen LogP contribution in [0.5, 0.6) is 0 Å². The van der Waals surface area contributed by atoms with Gasteiger partial charge in [-0.1, -0.05) is 17.3 Å². The van der Waals surface area contributed by atoms with Crippen molar-refractivity contribution in [1.29, 1.82) is 0 Å². The fourth-order valence-corrected chi connectivity index (χ4v) is 3.00. The van der Waals surface area contributed by atoms with Gasteiger partial charge < -0.3 is 9.84 Å². The van der Waals surface area contributed by atoms with Gasteiger partial charge in [0, 0.05) is 15.2 Å². The molecule has 24 heavy (non-hydrogen) atoms. The minimum absolute atomic E-state index is 0.148. The van der Waals surface area contributed by atoms with Gasteiger partial charge in [-0.25, -0.2) is 0 Å². The van der Waals surface area contributed by atoms with E-state index in [1.54, 1.807) is 0 Å². The van der Waals surface area contributed by atoms with Crippen LogP contribution in [0, 0.1) is 17.4 Å². The van der Waals surface area contributed by atoms with E-state index in [-0.39, 0.29) is 11.8 Å². The molecule has 0 fully saturated rings. The molecule has 0 spiro atoms. The zero-order chi connectivity index (χ0) is 17.3. The molecule has 0 aliphatic carbocycles. The molecule has 1 atom stereocenters. The number of aryl methyl sites for hydroxylation is 2. The minimum Gasteiger partial charge on any atom is -0.361 e. The Morgan fingerprint density at radius 3 is 2.62 bits per heavy atom. The molecule has 0 bridgehead atoms. The Kier molecular flexibility index (Phi) is 4.70. The van der Waals surface area contributed by atoms with Gasteiger partial charge in [0.15, 0.2) is 5.82 Å². The Labute approximate surface area is 153 Å². The number of amides is 1.